The van der Waals surface area contributed by atoms with Crippen LogP contribution in [0.15, 0.2) is 0 Å². The molecule has 0 spiro atoms. The topological polar surface area (TPSA) is 30.5 Å². The third-order valence-corrected chi connectivity index (χ3v) is 5.58. The van der Waals surface area contributed by atoms with Crippen molar-refractivity contribution in [2.45, 2.75) is 32.2 Å². The average Bonchev–Trinajstić information content (AvgIpc) is 2.51. The van der Waals surface area contributed by atoms with Crippen LogP contribution in [0.2, 0.25) is 0 Å². The molecule has 0 aromatic rings. The summed E-state index contributed by atoms with van der Waals surface area (Å²) in [5.41, 5.74) is 0. The van der Waals surface area contributed by atoms with Crippen molar-refractivity contribution in [3.8, 4) is 0 Å². The summed E-state index contributed by atoms with van der Waals surface area (Å²) >= 11 is 0. The first-order chi connectivity index (χ1) is 9.83. The van der Waals surface area contributed by atoms with Crippen LogP contribution in [-0.2, 0) is 0 Å². The number of nitrogens with one attached hydrogen (secondary N) is 2. The van der Waals surface area contributed by atoms with Crippen LogP contribution in [0.4, 0.5) is 0 Å². The summed E-state index contributed by atoms with van der Waals surface area (Å²) in [5, 5.41) is 7.11. The van der Waals surface area contributed by atoms with Crippen LogP contribution in [0.5, 0.6) is 0 Å². The molecule has 0 aromatic heterocycles. The van der Waals surface area contributed by atoms with Crippen LogP contribution in [0, 0.1) is 11.8 Å². The van der Waals surface area contributed by atoms with E-state index in [2.05, 4.69) is 27.4 Å². The Balaban J connectivity index is 1.54. The molecule has 2 atom stereocenters. The van der Waals surface area contributed by atoms with Crippen LogP contribution in [-0.4, -0.2) is 74.7 Å². The minimum Gasteiger partial charge on any atom is -0.315 e. The van der Waals surface area contributed by atoms with Crippen LogP contribution in [0.1, 0.15) is 26.2 Å². The van der Waals surface area contributed by atoms with Gasteiger partial charge in [-0.3, -0.25) is 4.90 Å². The first-order valence-corrected chi connectivity index (χ1v) is 8.71. The molecule has 0 bridgehead atoms. The molecule has 4 nitrogen and oxygen atoms in total. The molecule has 0 aromatic carbocycles. The van der Waals surface area contributed by atoms with Crippen molar-refractivity contribution in [3.05, 3.63) is 0 Å². The van der Waals surface area contributed by atoms with E-state index in [-0.39, 0.29) is 0 Å². The van der Waals surface area contributed by atoms with Gasteiger partial charge < -0.3 is 15.5 Å². The Bertz CT molecular complexity index is 282. The predicted octanol–water partition coefficient (Wildman–Crippen LogP) is 0.602. The Morgan fingerprint density at radius 2 is 1.65 bits per heavy atom. The lowest BCUT2D eigenvalue weighted by Crippen LogP contribution is -2.58. The van der Waals surface area contributed by atoms with Crippen LogP contribution in [0.25, 0.3) is 0 Å². The van der Waals surface area contributed by atoms with Gasteiger partial charge in [-0.05, 0) is 50.7 Å². The van der Waals surface area contributed by atoms with Gasteiger partial charge in [0.1, 0.15) is 0 Å². The van der Waals surface area contributed by atoms with Crippen molar-refractivity contribution in [1.29, 1.82) is 0 Å². The second-order valence-corrected chi connectivity index (χ2v) is 7.09. The summed E-state index contributed by atoms with van der Waals surface area (Å²) < 4.78 is 0. The van der Waals surface area contributed by atoms with Crippen molar-refractivity contribution in [3.63, 3.8) is 0 Å². The number of piperazine rings is 1. The number of hydrogen-bond donors (Lipinski definition) is 2. The average molecular weight is 280 g/mol. The normalized spacial score (nSPS) is 35.2. The molecule has 2 N–H and O–H groups in total. The Labute approximate surface area is 124 Å². The zero-order chi connectivity index (χ0) is 13.8. The van der Waals surface area contributed by atoms with Crippen molar-refractivity contribution in [2.24, 2.45) is 11.8 Å². The van der Waals surface area contributed by atoms with E-state index in [1.165, 1.54) is 78.2 Å². The largest absolute Gasteiger partial charge is 0.315 e. The Hall–Kier alpha value is -0.160. The van der Waals surface area contributed by atoms with E-state index in [0.29, 0.717) is 0 Å². The highest BCUT2D eigenvalue weighted by Gasteiger charge is 2.32. The van der Waals surface area contributed by atoms with Crippen LogP contribution < -0.4 is 10.6 Å². The molecule has 4 heteroatoms. The van der Waals surface area contributed by atoms with Gasteiger partial charge in [-0.25, -0.2) is 0 Å². The molecule has 2 unspecified atom stereocenters. The fraction of sp³-hybridized carbons (Fsp3) is 1.00. The third kappa shape index (κ3) is 3.73. The fourth-order valence-electron chi connectivity index (χ4n) is 4.13. The zero-order valence-corrected chi connectivity index (χ0v) is 13.1. The molecule has 0 radical (unpaired) electrons. The molecule has 0 amide bonds. The first kappa shape index (κ1) is 14.8. The summed E-state index contributed by atoms with van der Waals surface area (Å²) in [4.78, 5) is 5.48. The third-order valence-electron chi connectivity index (χ3n) is 5.58. The molecular formula is C16H32N4. The number of likely N-dealkylation sites (tertiary alicyclic amines) is 1. The second-order valence-electron chi connectivity index (χ2n) is 7.09. The first-order valence-electron chi connectivity index (χ1n) is 8.71. The highest BCUT2D eigenvalue weighted by molar-refractivity contribution is 4.89. The van der Waals surface area contributed by atoms with Gasteiger partial charge in [0.25, 0.3) is 0 Å². The summed E-state index contributed by atoms with van der Waals surface area (Å²) in [6.07, 6.45) is 4.17. The van der Waals surface area contributed by atoms with Crippen molar-refractivity contribution >= 4 is 0 Å². The van der Waals surface area contributed by atoms with Crippen molar-refractivity contribution in [1.82, 2.24) is 20.4 Å². The molecule has 20 heavy (non-hydrogen) atoms. The minimum atomic E-state index is 0.769. The van der Waals surface area contributed by atoms with Gasteiger partial charge in [0.15, 0.2) is 0 Å². The van der Waals surface area contributed by atoms with Crippen LogP contribution in [0.3, 0.4) is 0 Å². The quantitative estimate of drug-likeness (QED) is 0.793. The van der Waals surface area contributed by atoms with E-state index in [4.69, 9.17) is 0 Å². The highest BCUT2D eigenvalue weighted by Crippen LogP contribution is 2.23. The van der Waals surface area contributed by atoms with E-state index in [1.807, 2.05) is 0 Å². The summed E-state index contributed by atoms with van der Waals surface area (Å²) in [5.74, 6) is 1.82. The molecule has 3 fully saturated rings. The summed E-state index contributed by atoms with van der Waals surface area (Å²) in [7, 11) is 0. The van der Waals surface area contributed by atoms with E-state index in [9.17, 15) is 0 Å². The maximum atomic E-state index is 3.63. The van der Waals surface area contributed by atoms with E-state index in [1.54, 1.807) is 0 Å². The molecule has 0 saturated carbocycles. The lowest BCUT2D eigenvalue weighted by molar-refractivity contribution is 0.0669. The van der Waals surface area contributed by atoms with Gasteiger partial charge >= 0.3 is 0 Å². The fourth-order valence-corrected chi connectivity index (χ4v) is 4.13. The van der Waals surface area contributed by atoms with E-state index < -0.39 is 0 Å². The van der Waals surface area contributed by atoms with Crippen molar-refractivity contribution in [2.75, 3.05) is 58.9 Å². The molecule has 3 heterocycles. The van der Waals surface area contributed by atoms with Gasteiger partial charge in [-0.1, -0.05) is 6.92 Å². The molecule has 0 aliphatic carbocycles. The highest BCUT2D eigenvalue weighted by atomic mass is 15.2. The molecule has 116 valence electrons. The van der Waals surface area contributed by atoms with E-state index >= 15 is 0 Å². The lowest BCUT2D eigenvalue weighted by atomic mass is 9.89. The van der Waals surface area contributed by atoms with Gasteiger partial charge in [0.05, 0.1) is 0 Å². The number of hydrogen-bond acceptors (Lipinski definition) is 4. The lowest BCUT2D eigenvalue weighted by Gasteiger charge is -2.44. The van der Waals surface area contributed by atoms with Crippen molar-refractivity contribution < 1.29 is 0 Å². The zero-order valence-electron chi connectivity index (χ0n) is 13.1. The Morgan fingerprint density at radius 3 is 2.40 bits per heavy atom. The smallest absolute Gasteiger partial charge is 0.0262 e. The van der Waals surface area contributed by atoms with Gasteiger partial charge in [0, 0.05) is 45.3 Å². The maximum absolute atomic E-state index is 3.63. The Kier molecular flexibility index (Phi) is 5.32. The SMILES string of the molecule is CC1CCN(CC2CCNCC2N2CCNCC2)CC1. The van der Waals surface area contributed by atoms with E-state index in [0.717, 1.165) is 17.9 Å². The van der Waals surface area contributed by atoms with Crippen LogP contribution >= 0.6 is 0 Å². The summed E-state index contributed by atoms with van der Waals surface area (Å²) in [6.45, 7) is 13.6. The standard InChI is InChI=1S/C16H32N4/c1-14-3-8-19(9-4-14)13-15-2-5-18-12-16(15)20-10-6-17-7-11-20/h14-18H,2-13H2,1H3. The molecule has 3 saturated heterocycles. The molecular weight excluding hydrogens is 248 g/mol. The predicted molar refractivity (Wildman–Crippen MR) is 84.0 cm³/mol. The van der Waals surface area contributed by atoms with Gasteiger partial charge in [0.2, 0.25) is 0 Å². The minimum absolute atomic E-state index is 0.769. The molecule has 3 aliphatic rings. The Morgan fingerprint density at radius 1 is 0.900 bits per heavy atom. The van der Waals surface area contributed by atoms with Gasteiger partial charge in [-0.15, -0.1) is 0 Å². The number of nitrogens with zero attached hydrogens (tertiary/aromatic N) is 2. The summed E-state index contributed by atoms with van der Waals surface area (Å²) in [6, 6.07) is 0.769. The maximum Gasteiger partial charge on any atom is 0.0262 e. The number of rotatable bonds is 3. The second kappa shape index (κ2) is 7.21. The molecule has 3 aliphatic heterocycles. The monoisotopic (exact) mass is 280 g/mol. The number of piperidine rings is 2. The molecule has 3 rings (SSSR count). The van der Waals surface area contributed by atoms with Gasteiger partial charge in [-0.2, -0.15) is 0 Å².